The molecule has 3 heteroatoms. The van der Waals surface area contributed by atoms with E-state index in [2.05, 4.69) is 34.6 Å². The van der Waals surface area contributed by atoms with Gasteiger partial charge < -0.3 is 14.6 Å². The summed E-state index contributed by atoms with van der Waals surface area (Å²) in [6.07, 6.45) is 7.24. The minimum atomic E-state index is -0.488. The van der Waals surface area contributed by atoms with Crippen molar-refractivity contribution in [3.05, 3.63) is 0 Å². The van der Waals surface area contributed by atoms with Gasteiger partial charge in [-0.1, -0.05) is 34.6 Å². The number of rotatable bonds is 4. The second-order valence-corrected chi connectivity index (χ2v) is 8.83. The van der Waals surface area contributed by atoms with E-state index >= 15 is 0 Å². The summed E-state index contributed by atoms with van der Waals surface area (Å²) in [5, 5.41) is 9.78. The molecule has 138 valence electrons. The normalized spacial score (nSPS) is 35.1. The van der Waals surface area contributed by atoms with Gasteiger partial charge in [-0.15, -0.1) is 0 Å². The topological polar surface area (TPSA) is 38.7 Å². The van der Waals surface area contributed by atoms with Gasteiger partial charge in [0.1, 0.15) is 0 Å². The van der Waals surface area contributed by atoms with Crippen LogP contribution in [0.5, 0.6) is 0 Å². The molecule has 2 fully saturated rings. The van der Waals surface area contributed by atoms with Crippen molar-refractivity contribution in [2.24, 2.45) is 17.8 Å². The highest BCUT2D eigenvalue weighted by Crippen LogP contribution is 2.27. The molecule has 2 aliphatic heterocycles. The molecule has 0 aliphatic carbocycles. The van der Waals surface area contributed by atoms with Crippen LogP contribution in [-0.4, -0.2) is 36.1 Å². The lowest BCUT2D eigenvalue weighted by Crippen LogP contribution is -2.38. The standard InChI is InChI=1S/C10H20O2.C10H20O/c1-8(2)6-9-7-10(3,11)4-5-12-9;1-8(2)6-10-7-9(3)4-5-11-10/h8-9,11H,4-7H2,1-3H3;8-10H,4-7H2,1-3H3. The maximum atomic E-state index is 9.78. The van der Waals surface area contributed by atoms with E-state index in [0.717, 1.165) is 37.7 Å². The Balaban J connectivity index is 0.000000231. The molecule has 23 heavy (non-hydrogen) atoms. The van der Waals surface area contributed by atoms with Crippen LogP contribution < -0.4 is 0 Å². The molecule has 4 atom stereocenters. The molecule has 2 heterocycles. The molecule has 2 saturated heterocycles. The number of hydrogen-bond donors (Lipinski definition) is 1. The Morgan fingerprint density at radius 1 is 1.00 bits per heavy atom. The maximum Gasteiger partial charge on any atom is 0.0666 e. The zero-order valence-electron chi connectivity index (χ0n) is 16.3. The Labute approximate surface area is 144 Å². The lowest BCUT2D eigenvalue weighted by Gasteiger charge is -2.34. The molecule has 2 rings (SSSR count). The van der Waals surface area contributed by atoms with Crippen molar-refractivity contribution in [1.29, 1.82) is 0 Å². The summed E-state index contributed by atoms with van der Waals surface area (Å²) in [6, 6.07) is 0. The molecular weight excluding hydrogens is 288 g/mol. The van der Waals surface area contributed by atoms with Crippen molar-refractivity contribution in [2.45, 2.75) is 97.9 Å². The molecule has 1 N–H and O–H groups in total. The first-order valence-corrected chi connectivity index (χ1v) is 9.63. The molecule has 4 unspecified atom stereocenters. The van der Waals surface area contributed by atoms with Gasteiger partial charge in [-0.2, -0.15) is 0 Å². The predicted octanol–water partition coefficient (Wildman–Crippen LogP) is 4.81. The van der Waals surface area contributed by atoms with Gasteiger partial charge in [-0.05, 0) is 56.8 Å². The van der Waals surface area contributed by atoms with Crippen molar-refractivity contribution in [3.8, 4) is 0 Å². The molecule has 2 aliphatic rings. The summed E-state index contributed by atoms with van der Waals surface area (Å²) in [5.74, 6) is 2.32. The predicted molar refractivity (Wildman–Crippen MR) is 96.6 cm³/mol. The lowest BCUT2D eigenvalue weighted by molar-refractivity contribution is -0.0985. The first kappa shape index (κ1) is 20.9. The summed E-state index contributed by atoms with van der Waals surface area (Å²) in [4.78, 5) is 0. The van der Waals surface area contributed by atoms with Crippen molar-refractivity contribution in [2.75, 3.05) is 13.2 Å². The van der Waals surface area contributed by atoms with Crippen LogP contribution in [0, 0.1) is 17.8 Å². The Hall–Kier alpha value is -0.120. The van der Waals surface area contributed by atoms with Gasteiger partial charge in [0.25, 0.3) is 0 Å². The zero-order valence-corrected chi connectivity index (χ0v) is 16.3. The highest BCUT2D eigenvalue weighted by Gasteiger charge is 2.30. The van der Waals surface area contributed by atoms with Gasteiger partial charge in [0.2, 0.25) is 0 Å². The fraction of sp³-hybridized carbons (Fsp3) is 1.00. The fourth-order valence-electron chi connectivity index (χ4n) is 3.53. The third-order valence-electron chi connectivity index (χ3n) is 4.76. The summed E-state index contributed by atoms with van der Waals surface area (Å²) in [7, 11) is 0. The number of aliphatic hydroxyl groups is 1. The minimum absolute atomic E-state index is 0.272. The molecule has 0 aromatic heterocycles. The minimum Gasteiger partial charge on any atom is -0.390 e. The van der Waals surface area contributed by atoms with E-state index in [0.29, 0.717) is 18.6 Å². The molecule has 0 aromatic carbocycles. The SMILES string of the molecule is CC(C)CC1CC(C)(O)CCO1.CC(C)CC1CC(C)CCO1. The van der Waals surface area contributed by atoms with Crippen LogP contribution in [0.2, 0.25) is 0 Å². The largest absolute Gasteiger partial charge is 0.390 e. The molecule has 0 spiro atoms. The van der Waals surface area contributed by atoms with Gasteiger partial charge >= 0.3 is 0 Å². The van der Waals surface area contributed by atoms with Crippen molar-refractivity contribution in [3.63, 3.8) is 0 Å². The Morgan fingerprint density at radius 3 is 2.09 bits per heavy atom. The van der Waals surface area contributed by atoms with Crippen molar-refractivity contribution in [1.82, 2.24) is 0 Å². The first-order chi connectivity index (χ1) is 10.7. The zero-order chi connectivity index (χ0) is 17.5. The molecule has 0 bridgehead atoms. The van der Waals surface area contributed by atoms with E-state index in [9.17, 15) is 5.11 Å². The summed E-state index contributed by atoms with van der Waals surface area (Å²) in [5.41, 5.74) is -0.488. The molecule has 0 saturated carbocycles. The molecule has 0 aromatic rings. The average molecular weight is 329 g/mol. The van der Waals surface area contributed by atoms with Crippen LogP contribution in [0.4, 0.5) is 0 Å². The quantitative estimate of drug-likeness (QED) is 0.805. The van der Waals surface area contributed by atoms with Crippen LogP contribution >= 0.6 is 0 Å². The van der Waals surface area contributed by atoms with Gasteiger partial charge in [-0.25, -0.2) is 0 Å². The van der Waals surface area contributed by atoms with Crippen molar-refractivity contribution < 1.29 is 14.6 Å². The molecule has 3 nitrogen and oxygen atoms in total. The van der Waals surface area contributed by atoms with Crippen LogP contribution in [0.1, 0.15) is 80.1 Å². The Bertz CT molecular complexity index is 310. The van der Waals surface area contributed by atoms with Crippen LogP contribution in [0.3, 0.4) is 0 Å². The van der Waals surface area contributed by atoms with E-state index in [4.69, 9.17) is 9.47 Å². The van der Waals surface area contributed by atoms with E-state index in [1.165, 1.54) is 19.3 Å². The third-order valence-corrected chi connectivity index (χ3v) is 4.76. The molecule has 0 radical (unpaired) electrons. The molecular formula is C20H40O3. The van der Waals surface area contributed by atoms with E-state index in [-0.39, 0.29) is 6.10 Å². The van der Waals surface area contributed by atoms with Gasteiger partial charge in [0, 0.05) is 19.6 Å². The number of hydrogen-bond acceptors (Lipinski definition) is 3. The first-order valence-electron chi connectivity index (χ1n) is 9.63. The van der Waals surface area contributed by atoms with Crippen LogP contribution in [-0.2, 0) is 9.47 Å². The van der Waals surface area contributed by atoms with Gasteiger partial charge in [0.05, 0.1) is 17.8 Å². The van der Waals surface area contributed by atoms with Gasteiger partial charge in [-0.3, -0.25) is 0 Å². The highest BCUT2D eigenvalue weighted by molar-refractivity contribution is 4.81. The monoisotopic (exact) mass is 328 g/mol. The lowest BCUT2D eigenvalue weighted by atomic mass is 9.89. The third kappa shape index (κ3) is 9.69. The molecule has 0 amide bonds. The number of ether oxygens (including phenoxy) is 2. The summed E-state index contributed by atoms with van der Waals surface area (Å²) < 4.78 is 11.2. The Kier molecular flexibility index (Phi) is 9.10. The average Bonchev–Trinajstić information content (AvgIpc) is 2.36. The summed E-state index contributed by atoms with van der Waals surface area (Å²) >= 11 is 0. The van der Waals surface area contributed by atoms with E-state index in [1.807, 2.05) is 6.92 Å². The fourth-order valence-corrected chi connectivity index (χ4v) is 3.53. The van der Waals surface area contributed by atoms with Crippen LogP contribution in [0.15, 0.2) is 0 Å². The highest BCUT2D eigenvalue weighted by atomic mass is 16.5. The van der Waals surface area contributed by atoms with Crippen molar-refractivity contribution >= 4 is 0 Å². The van der Waals surface area contributed by atoms with E-state index < -0.39 is 5.60 Å². The Morgan fingerprint density at radius 2 is 1.57 bits per heavy atom. The van der Waals surface area contributed by atoms with Gasteiger partial charge in [0.15, 0.2) is 0 Å². The van der Waals surface area contributed by atoms with Crippen LogP contribution in [0.25, 0.3) is 0 Å². The second-order valence-electron chi connectivity index (χ2n) is 8.83. The smallest absolute Gasteiger partial charge is 0.0666 e. The maximum absolute atomic E-state index is 9.78. The summed E-state index contributed by atoms with van der Waals surface area (Å²) in [6.45, 7) is 14.8. The second kappa shape index (κ2) is 10.0. The van der Waals surface area contributed by atoms with E-state index in [1.54, 1.807) is 0 Å².